The Hall–Kier alpha value is -1.88. The standard InChI is InChI=1S/C15H15F3N2/c1-9(12-5-3-4-8-20-12)15(19-2)10-6-7-11(16)14(18)13(10)17/h3-9,15,19H,1-2H3. The lowest BCUT2D eigenvalue weighted by Crippen LogP contribution is -2.24. The number of nitrogens with one attached hydrogen (secondary N) is 1. The molecule has 2 aromatic rings. The maximum Gasteiger partial charge on any atom is 0.194 e. The van der Waals surface area contributed by atoms with Gasteiger partial charge in [0.05, 0.1) is 0 Å². The van der Waals surface area contributed by atoms with Crippen LogP contribution in [0.5, 0.6) is 0 Å². The second-order valence-corrected chi connectivity index (χ2v) is 4.57. The van der Waals surface area contributed by atoms with Crippen molar-refractivity contribution in [2.24, 2.45) is 0 Å². The lowest BCUT2D eigenvalue weighted by atomic mass is 9.91. The summed E-state index contributed by atoms with van der Waals surface area (Å²) in [4.78, 5) is 4.21. The molecule has 0 bridgehead atoms. The molecule has 0 aliphatic carbocycles. The van der Waals surface area contributed by atoms with Crippen molar-refractivity contribution in [3.8, 4) is 0 Å². The van der Waals surface area contributed by atoms with Crippen LogP contribution in [0, 0.1) is 17.5 Å². The first-order valence-corrected chi connectivity index (χ1v) is 6.27. The minimum Gasteiger partial charge on any atom is -0.312 e. The van der Waals surface area contributed by atoms with E-state index in [-0.39, 0.29) is 11.5 Å². The monoisotopic (exact) mass is 280 g/mol. The van der Waals surface area contributed by atoms with Crippen LogP contribution in [0.15, 0.2) is 36.5 Å². The quantitative estimate of drug-likeness (QED) is 0.866. The zero-order valence-electron chi connectivity index (χ0n) is 11.2. The number of pyridine rings is 1. The second kappa shape index (κ2) is 6.05. The van der Waals surface area contributed by atoms with E-state index < -0.39 is 23.5 Å². The average molecular weight is 280 g/mol. The number of hydrogen-bond donors (Lipinski definition) is 1. The van der Waals surface area contributed by atoms with Gasteiger partial charge in [-0.25, -0.2) is 13.2 Å². The zero-order valence-corrected chi connectivity index (χ0v) is 11.2. The van der Waals surface area contributed by atoms with Crippen molar-refractivity contribution in [1.82, 2.24) is 10.3 Å². The summed E-state index contributed by atoms with van der Waals surface area (Å²) in [6, 6.07) is 7.11. The number of nitrogens with zero attached hydrogens (tertiary/aromatic N) is 1. The fraction of sp³-hybridized carbons (Fsp3) is 0.267. The van der Waals surface area contributed by atoms with Crippen molar-refractivity contribution in [1.29, 1.82) is 0 Å². The van der Waals surface area contributed by atoms with Gasteiger partial charge in [0.2, 0.25) is 0 Å². The largest absolute Gasteiger partial charge is 0.312 e. The fourth-order valence-electron chi connectivity index (χ4n) is 2.27. The number of rotatable bonds is 4. The van der Waals surface area contributed by atoms with Gasteiger partial charge in [-0.05, 0) is 25.2 Å². The molecule has 2 nitrogen and oxygen atoms in total. The molecule has 106 valence electrons. The summed E-state index contributed by atoms with van der Waals surface area (Å²) in [5, 5.41) is 2.93. The van der Waals surface area contributed by atoms with E-state index in [1.54, 1.807) is 19.3 Å². The highest BCUT2D eigenvalue weighted by Gasteiger charge is 2.25. The molecular formula is C15H15F3N2. The molecule has 1 N–H and O–H groups in total. The van der Waals surface area contributed by atoms with Crippen LogP contribution in [0.1, 0.15) is 30.1 Å². The van der Waals surface area contributed by atoms with Crippen molar-refractivity contribution < 1.29 is 13.2 Å². The maximum absolute atomic E-state index is 13.9. The summed E-state index contributed by atoms with van der Waals surface area (Å²) in [6.07, 6.45) is 1.64. The van der Waals surface area contributed by atoms with Crippen LogP contribution in [0.25, 0.3) is 0 Å². The van der Waals surface area contributed by atoms with E-state index in [1.807, 2.05) is 19.1 Å². The third kappa shape index (κ3) is 2.67. The minimum atomic E-state index is -1.45. The molecule has 2 atom stereocenters. The number of aromatic nitrogens is 1. The van der Waals surface area contributed by atoms with Gasteiger partial charge in [0, 0.05) is 29.4 Å². The molecule has 0 fully saturated rings. The molecular weight excluding hydrogens is 265 g/mol. The molecule has 0 saturated heterocycles. The Labute approximate surface area is 115 Å². The molecule has 2 rings (SSSR count). The molecule has 0 radical (unpaired) electrons. The van der Waals surface area contributed by atoms with Crippen LogP contribution < -0.4 is 5.32 Å². The molecule has 20 heavy (non-hydrogen) atoms. The molecule has 1 aromatic heterocycles. The van der Waals surface area contributed by atoms with Crippen LogP contribution in [0.2, 0.25) is 0 Å². The summed E-state index contributed by atoms with van der Waals surface area (Å²) < 4.78 is 40.3. The number of hydrogen-bond acceptors (Lipinski definition) is 2. The Kier molecular flexibility index (Phi) is 4.39. The van der Waals surface area contributed by atoms with E-state index in [1.165, 1.54) is 6.07 Å². The van der Waals surface area contributed by atoms with E-state index in [9.17, 15) is 13.2 Å². The molecule has 5 heteroatoms. The molecule has 0 aliphatic rings. The van der Waals surface area contributed by atoms with Crippen molar-refractivity contribution in [3.05, 3.63) is 65.2 Å². The van der Waals surface area contributed by atoms with E-state index in [4.69, 9.17) is 0 Å². The van der Waals surface area contributed by atoms with E-state index >= 15 is 0 Å². The SMILES string of the molecule is CNC(c1ccc(F)c(F)c1F)C(C)c1ccccn1. The summed E-state index contributed by atoms with van der Waals surface area (Å²) in [5.74, 6) is -3.99. The third-order valence-electron chi connectivity index (χ3n) is 3.37. The van der Waals surface area contributed by atoms with Gasteiger partial charge < -0.3 is 5.32 Å². The molecule has 0 saturated carbocycles. The topological polar surface area (TPSA) is 24.9 Å². The van der Waals surface area contributed by atoms with Crippen LogP contribution in [-0.2, 0) is 0 Å². The van der Waals surface area contributed by atoms with Crippen molar-refractivity contribution in [3.63, 3.8) is 0 Å². The lowest BCUT2D eigenvalue weighted by molar-refractivity contribution is 0.415. The highest BCUT2D eigenvalue weighted by atomic mass is 19.2. The first-order valence-electron chi connectivity index (χ1n) is 6.27. The van der Waals surface area contributed by atoms with Crippen LogP contribution in [0.4, 0.5) is 13.2 Å². The maximum atomic E-state index is 13.9. The van der Waals surface area contributed by atoms with E-state index in [0.717, 1.165) is 11.8 Å². The Morgan fingerprint density at radius 1 is 1.05 bits per heavy atom. The third-order valence-corrected chi connectivity index (χ3v) is 3.37. The van der Waals surface area contributed by atoms with Gasteiger partial charge >= 0.3 is 0 Å². The fourth-order valence-corrected chi connectivity index (χ4v) is 2.27. The summed E-state index contributed by atoms with van der Waals surface area (Å²) in [6.45, 7) is 1.85. The number of benzene rings is 1. The van der Waals surface area contributed by atoms with Gasteiger partial charge in [0.25, 0.3) is 0 Å². The van der Waals surface area contributed by atoms with Crippen LogP contribution >= 0.6 is 0 Å². The Balaban J connectivity index is 2.41. The summed E-state index contributed by atoms with van der Waals surface area (Å²) >= 11 is 0. The van der Waals surface area contributed by atoms with E-state index in [0.29, 0.717) is 0 Å². The van der Waals surface area contributed by atoms with E-state index in [2.05, 4.69) is 10.3 Å². The van der Waals surface area contributed by atoms with Crippen molar-refractivity contribution >= 4 is 0 Å². The number of halogens is 3. The highest BCUT2D eigenvalue weighted by Crippen LogP contribution is 2.31. The Morgan fingerprint density at radius 3 is 2.40 bits per heavy atom. The number of likely N-dealkylation sites (N-methyl/N-ethyl adjacent to an activating group) is 1. The molecule has 1 aromatic carbocycles. The van der Waals surface area contributed by atoms with Crippen molar-refractivity contribution in [2.45, 2.75) is 18.9 Å². The molecule has 0 amide bonds. The first kappa shape index (κ1) is 14.5. The van der Waals surface area contributed by atoms with Gasteiger partial charge in [-0.2, -0.15) is 0 Å². The minimum absolute atomic E-state index is 0.0875. The highest BCUT2D eigenvalue weighted by molar-refractivity contribution is 5.27. The summed E-state index contributed by atoms with van der Waals surface area (Å²) in [7, 11) is 1.64. The van der Waals surface area contributed by atoms with Gasteiger partial charge in [-0.3, -0.25) is 4.98 Å². The summed E-state index contributed by atoms with van der Waals surface area (Å²) in [5.41, 5.74) is 0.834. The Bertz CT molecular complexity index is 587. The first-order chi connectivity index (χ1) is 9.56. The predicted octanol–water partition coefficient (Wildman–Crippen LogP) is 3.56. The molecule has 0 aliphatic heterocycles. The molecule has 2 unspecified atom stereocenters. The van der Waals surface area contributed by atoms with Gasteiger partial charge in [0.1, 0.15) is 0 Å². The molecule has 1 heterocycles. The Morgan fingerprint density at radius 2 is 1.80 bits per heavy atom. The zero-order chi connectivity index (χ0) is 14.7. The van der Waals surface area contributed by atoms with Crippen molar-refractivity contribution in [2.75, 3.05) is 7.05 Å². The predicted molar refractivity (Wildman–Crippen MR) is 70.8 cm³/mol. The normalized spacial score (nSPS) is 14.1. The average Bonchev–Trinajstić information content (AvgIpc) is 2.48. The lowest BCUT2D eigenvalue weighted by Gasteiger charge is -2.24. The molecule has 0 spiro atoms. The van der Waals surface area contributed by atoms with Crippen LogP contribution in [-0.4, -0.2) is 12.0 Å². The van der Waals surface area contributed by atoms with Gasteiger partial charge in [-0.1, -0.05) is 19.1 Å². The van der Waals surface area contributed by atoms with Gasteiger partial charge in [-0.15, -0.1) is 0 Å². The second-order valence-electron chi connectivity index (χ2n) is 4.57. The van der Waals surface area contributed by atoms with Gasteiger partial charge in [0.15, 0.2) is 17.5 Å². The smallest absolute Gasteiger partial charge is 0.194 e. The van der Waals surface area contributed by atoms with Crippen LogP contribution in [0.3, 0.4) is 0 Å².